The fourth-order valence-electron chi connectivity index (χ4n) is 1.98. The van der Waals surface area contributed by atoms with E-state index in [1.807, 2.05) is 0 Å². The fourth-order valence-corrected chi connectivity index (χ4v) is 2.89. The molecule has 0 amide bonds. The Labute approximate surface area is 126 Å². The Bertz CT molecular complexity index is 678. The second-order valence-electron chi connectivity index (χ2n) is 4.88. The third-order valence-electron chi connectivity index (χ3n) is 3.07. The Morgan fingerprint density at radius 2 is 1.91 bits per heavy atom. The molecule has 22 heavy (non-hydrogen) atoms. The molecule has 0 aliphatic carbocycles. The van der Waals surface area contributed by atoms with Gasteiger partial charge in [0.05, 0.1) is 16.4 Å². The fraction of sp³-hybridized carbons (Fsp3) is 0.429. The highest BCUT2D eigenvalue weighted by atomic mass is 32.2. The predicted molar refractivity (Wildman–Crippen MR) is 73.3 cm³/mol. The molecular weight excluding hydrogens is 321 g/mol. The molecule has 0 saturated heterocycles. The molecule has 0 aliphatic heterocycles. The standard InChI is InChI=1S/C14H15F3O4S/c1-3-4-9(8-18)13(19)11-6-5-10(14(15,16)17)7-12(11)22(2,20)21/h5-9H,3-4H2,1-2H3. The second-order valence-corrected chi connectivity index (χ2v) is 6.86. The Balaban J connectivity index is 3.49. The zero-order chi connectivity index (χ0) is 17.1. The highest BCUT2D eigenvalue weighted by molar-refractivity contribution is 7.90. The lowest BCUT2D eigenvalue weighted by atomic mass is 9.94. The number of rotatable bonds is 6. The van der Waals surface area contributed by atoms with Gasteiger partial charge >= 0.3 is 6.18 Å². The Morgan fingerprint density at radius 3 is 2.32 bits per heavy atom. The zero-order valence-corrected chi connectivity index (χ0v) is 12.8. The molecule has 8 heteroatoms. The van der Waals surface area contributed by atoms with E-state index >= 15 is 0 Å². The maximum atomic E-state index is 12.7. The molecule has 0 heterocycles. The van der Waals surface area contributed by atoms with Crippen LogP contribution in [-0.4, -0.2) is 26.7 Å². The van der Waals surface area contributed by atoms with E-state index in [1.165, 1.54) is 0 Å². The lowest BCUT2D eigenvalue weighted by Crippen LogP contribution is -2.20. The van der Waals surface area contributed by atoms with Gasteiger partial charge in [0.1, 0.15) is 6.29 Å². The number of aldehydes is 1. The summed E-state index contributed by atoms with van der Waals surface area (Å²) in [4.78, 5) is 22.5. The van der Waals surface area contributed by atoms with Gasteiger partial charge in [0.25, 0.3) is 0 Å². The summed E-state index contributed by atoms with van der Waals surface area (Å²) in [5.74, 6) is -1.85. The first-order valence-electron chi connectivity index (χ1n) is 6.43. The van der Waals surface area contributed by atoms with Crippen molar-refractivity contribution in [2.75, 3.05) is 6.26 Å². The molecule has 1 atom stereocenters. The van der Waals surface area contributed by atoms with Gasteiger partial charge in [-0.2, -0.15) is 13.2 Å². The summed E-state index contributed by atoms with van der Waals surface area (Å²) in [5, 5.41) is 0. The molecule has 0 saturated carbocycles. The SMILES string of the molecule is CCCC(C=O)C(=O)c1ccc(C(F)(F)F)cc1S(C)(=O)=O. The van der Waals surface area contributed by atoms with E-state index in [2.05, 4.69) is 0 Å². The number of hydrogen-bond acceptors (Lipinski definition) is 4. The van der Waals surface area contributed by atoms with E-state index in [-0.39, 0.29) is 12.0 Å². The van der Waals surface area contributed by atoms with Gasteiger partial charge in [-0.15, -0.1) is 0 Å². The van der Waals surface area contributed by atoms with Crippen LogP contribution >= 0.6 is 0 Å². The molecule has 1 aromatic rings. The quantitative estimate of drug-likeness (QED) is 0.455. The lowest BCUT2D eigenvalue weighted by Gasteiger charge is -2.14. The third kappa shape index (κ3) is 4.16. The number of halogens is 3. The Hall–Kier alpha value is -1.70. The van der Waals surface area contributed by atoms with E-state index in [1.54, 1.807) is 6.92 Å². The van der Waals surface area contributed by atoms with Crippen LogP contribution in [0.3, 0.4) is 0 Å². The van der Waals surface area contributed by atoms with Crippen molar-refractivity contribution in [1.29, 1.82) is 0 Å². The van der Waals surface area contributed by atoms with Crippen molar-refractivity contribution in [1.82, 2.24) is 0 Å². The van der Waals surface area contributed by atoms with Crippen LogP contribution in [0.15, 0.2) is 23.1 Å². The predicted octanol–water partition coefficient (Wildman–Crippen LogP) is 2.91. The molecule has 0 fully saturated rings. The molecule has 122 valence electrons. The number of carbonyl (C=O) groups excluding carboxylic acids is 2. The number of alkyl halides is 3. The van der Waals surface area contributed by atoms with Crippen LogP contribution in [0.5, 0.6) is 0 Å². The molecule has 0 bridgehead atoms. The molecular formula is C14H15F3O4S. The molecule has 1 unspecified atom stereocenters. The van der Waals surface area contributed by atoms with Gasteiger partial charge in [-0.1, -0.05) is 13.3 Å². The minimum Gasteiger partial charge on any atom is -0.303 e. The Morgan fingerprint density at radius 1 is 1.32 bits per heavy atom. The highest BCUT2D eigenvalue weighted by Gasteiger charge is 2.33. The van der Waals surface area contributed by atoms with Crippen LogP contribution in [0, 0.1) is 5.92 Å². The summed E-state index contributed by atoms with van der Waals surface area (Å²) in [6.45, 7) is 1.73. The number of hydrogen-bond donors (Lipinski definition) is 0. The van der Waals surface area contributed by atoms with Crippen molar-refractivity contribution in [2.24, 2.45) is 5.92 Å². The molecule has 1 rings (SSSR count). The Kier molecular flexibility index (Phi) is 5.50. The van der Waals surface area contributed by atoms with E-state index < -0.39 is 38.2 Å². The first-order chi connectivity index (χ1) is 10.0. The topological polar surface area (TPSA) is 68.3 Å². The third-order valence-corrected chi connectivity index (χ3v) is 4.21. The number of ketones is 1. The van der Waals surface area contributed by atoms with Gasteiger partial charge in [-0.25, -0.2) is 8.42 Å². The highest BCUT2D eigenvalue weighted by Crippen LogP contribution is 2.32. The van der Waals surface area contributed by atoms with E-state index in [0.29, 0.717) is 24.8 Å². The summed E-state index contributed by atoms with van der Waals surface area (Å²) in [6, 6.07) is 1.87. The van der Waals surface area contributed by atoms with Crippen LogP contribution in [0.25, 0.3) is 0 Å². The van der Waals surface area contributed by atoms with Gasteiger partial charge in [0, 0.05) is 11.8 Å². The van der Waals surface area contributed by atoms with Gasteiger partial charge in [0.2, 0.25) is 0 Å². The summed E-state index contributed by atoms with van der Waals surface area (Å²) >= 11 is 0. The smallest absolute Gasteiger partial charge is 0.303 e. The van der Waals surface area contributed by atoms with Crippen LogP contribution in [-0.2, 0) is 20.8 Å². The first kappa shape index (κ1) is 18.3. The minimum atomic E-state index is -4.73. The van der Waals surface area contributed by atoms with Crippen LogP contribution in [0.1, 0.15) is 35.7 Å². The van der Waals surface area contributed by atoms with Gasteiger partial charge < -0.3 is 4.79 Å². The van der Waals surface area contributed by atoms with Crippen molar-refractivity contribution in [3.63, 3.8) is 0 Å². The van der Waals surface area contributed by atoms with Crippen molar-refractivity contribution < 1.29 is 31.2 Å². The van der Waals surface area contributed by atoms with Gasteiger partial charge in [-0.05, 0) is 24.6 Å². The van der Waals surface area contributed by atoms with Crippen molar-refractivity contribution in [3.8, 4) is 0 Å². The molecule has 0 aromatic heterocycles. The van der Waals surface area contributed by atoms with Crippen LogP contribution in [0.2, 0.25) is 0 Å². The summed E-state index contributed by atoms with van der Waals surface area (Å²) in [7, 11) is -4.05. The lowest BCUT2D eigenvalue weighted by molar-refractivity contribution is -0.137. The van der Waals surface area contributed by atoms with Crippen molar-refractivity contribution >= 4 is 21.9 Å². The van der Waals surface area contributed by atoms with E-state index in [9.17, 15) is 31.2 Å². The van der Waals surface area contributed by atoms with Gasteiger partial charge in [0.15, 0.2) is 15.6 Å². The van der Waals surface area contributed by atoms with Crippen LogP contribution in [0.4, 0.5) is 13.2 Å². The summed E-state index contributed by atoms with van der Waals surface area (Å²) in [5.41, 5.74) is -1.55. The number of benzene rings is 1. The number of carbonyl (C=O) groups is 2. The molecule has 0 radical (unpaired) electrons. The summed E-state index contributed by atoms with van der Waals surface area (Å²) < 4.78 is 61.5. The molecule has 0 spiro atoms. The normalized spacial score (nSPS) is 13.7. The number of Topliss-reactive ketones (excluding diaryl/α,β-unsaturated/α-hetero) is 1. The summed E-state index contributed by atoms with van der Waals surface area (Å²) in [6.07, 6.45) is -2.92. The monoisotopic (exact) mass is 336 g/mol. The molecule has 1 aromatic carbocycles. The molecule has 0 N–H and O–H groups in total. The minimum absolute atomic E-state index is 0.201. The van der Waals surface area contributed by atoms with Crippen molar-refractivity contribution in [2.45, 2.75) is 30.8 Å². The second kappa shape index (κ2) is 6.60. The average molecular weight is 336 g/mol. The van der Waals surface area contributed by atoms with Crippen LogP contribution < -0.4 is 0 Å². The first-order valence-corrected chi connectivity index (χ1v) is 8.32. The van der Waals surface area contributed by atoms with E-state index in [0.717, 1.165) is 12.3 Å². The maximum Gasteiger partial charge on any atom is 0.416 e. The average Bonchev–Trinajstić information content (AvgIpc) is 2.41. The molecule has 0 aliphatic rings. The number of sulfone groups is 1. The maximum absolute atomic E-state index is 12.7. The zero-order valence-electron chi connectivity index (χ0n) is 12.0. The molecule has 4 nitrogen and oxygen atoms in total. The van der Waals surface area contributed by atoms with Gasteiger partial charge in [-0.3, -0.25) is 4.79 Å². The largest absolute Gasteiger partial charge is 0.416 e. The van der Waals surface area contributed by atoms with Crippen molar-refractivity contribution in [3.05, 3.63) is 29.3 Å². The van der Waals surface area contributed by atoms with E-state index in [4.69, 9.17) is 0 Å².